The third-order valence-electron chi connectivity index (χ3n) is 5.77. The van der Waals surface area contributed by atoms with Crippen LogP contribution >= 0.6 is 0 Å². The maximum absolute atomic E-state index is 12.7. The van der Waals surface area contributed by atoms with Gasteiger partial charge in [0, 0.05) is 24.3 Å². The largest absolute Gasteiger partial charge is 0.493 e. The molecular weight excluding hydrogens is 392 g/mol. The second-order valence-electron chi connectivity index (χ2n) is 7.85. The van der Waals surface area contributed by atoms with Gasteiger partial charge in [0.1, 0.15) is 18.3 Å². The van der Waals surface area contributed by atoms with Crippen LogP contribution in [-0.4, -0.2) is 18.8 Å². The summed E-state index contributed by atoms with van der Waals surface area (Å²) in [5.41, 5.74) is 3.48. The lowest BCUT2D eigenvalue weighted by Gasteiger charge is -2.34. The summed E-state index contributed by atoms with van der Waals surface area (Å²) >= 11 is 0. The molecular formula is C25H24N2O4. The van der Waals surface area contributed by atoms with Crippen molar-refractivity contribution in [2.45, 2.75) is 38.7 Å². The number of nitrogens with zero attached hydrogens (tertiary/aromatic N) is 1. The molecule has 0 amide bonds. The number of aryl methyl sites for hydroxylation is 1. The standard InChI is InChI=1S/C25H24N2O4/c1-15-6-8-16(9-7-15)14-30-20-11-10-17(12-22(20)29-2)23-18(13-26)25(27)31-21-5-3-4-19(28)24(21)23/h6-12,18,23,27H,3-5,14H2,1-2H3. The summed E-state index contributed by atoms with van der Waals surface area (Å²) in [6.07, 6.45) is 1.73. The smallest absolute Gasteiger partial charge is 0.205 e. The molecule has 0 spiro atoms. The van der Waals surface area contributed by atoms with E-state index >= 15 is 0 Å². The number of nitrogens with one attached hydrogen (secondary N) is 1. The van der Waals surface area contributed by atoms with E-state index in [4.69, 9.17) is 19.6 Å². The molecule has 1 N–H and O–H groups in total. The third kappa shape index (κ3) is 4.04. The summed E-state index contributed by atoms with van der Waals surface area (Å²) < 4.78 is 17.1. The van der Waals surface area contributed by atoms with Gasteiger partial charge in [0.05, 0.1) is 13.2 Å². The number of methoxy groups -OCH3 is 1. The Labute approximate surface area is 181 Å². The van der Waals surface area contributed by atoms with Crippen molar-refractivity contribution >= 4 is 11.7 Å². The Morgan fingerprint density at radius 2 is 1.94 bits per heavy atom. The number of rotatable bonds is 5. The molecule has 1 aliphatic heterocycles. The van der Waals surface area contributed by atoms with Gasteiger partial charge >= 0.3 is 0 Å². The van der Waals surface area contributed by atoms with Crippen molar-refractivity contribution in [3.8, 4) is 17.6 Å². The van der Waals surface area contributed by atoms with Crippen molar-refractivity contribution in [2.75, 3.05) is 7.11 Å². The summed E-state index contributed by atoms with van der Waals surface area (Å²) in [6, 6.07) is 15.7. The first kappa shape index (κ1) is 20.7. The molecule has 0 saturated heterocycles. The van der Waals surface area contributed by atoms with Crippen LogP contribution in [0.4, 0.5) is 0 Å². The summed E-state index contributed by atoms with van der Waals surface area (Å²) in [5, 5.41) is 17.9. The van der Waals surface area contributed by atoms with Crippen molar-refractivity contribution in [1.29, 1.82) is 10.7 Å². The van der Waals surface area contributed by atoms with Crippen molar-refractivity contribution < 1.29 is 19.0 Å². The Morgan fingerprint density at radius 1 is 1.16 bits per heavy atom. The Balaban J connectivity index is 1.66. The minimum atomic E-state index is -0.857. The molecule has 158 valence electrons. The number of carbonyl (C=O) groups excluding carboxylic acids is 1. The minimum Gasteiger partial charge on any atom is -0.493 e. The van der Waals surface area contributed by atoms with E-state index in [1.807, 2.05) is 37.3 Å². The van der Waals surface area contributed by atoms with E-state index in [-0.39, 0.29) is 11.7 Å². The molecule has 0 fully saturated rings. The van der Waals surface area contributed by atoms with Crippen LogP contribution in [0.5, 0.6) is 11.5 Å². The van der Waals surface area contributed by atoms with Gasteiger partial charge in [-0.15, -0.1) is 0 Å². The zero-order valence-electron chi connectivity index (χ0n) is 17.6. The Hall–Kier alpha value is -3.59. The Kier molecular flexibility index (Phi) is 5.77. The van der Waals surface area contributed by atoms with E-state index in [1.54, 1.807) is 19.2 Å². The summed E-state index contributed by atoms with van der Waals surface area (Å²) in [6.45, 7) is 2.43. The van der Waals surface area contributed by atoms with E-state index in [9.17, 15) is 10.1 Å². The fourth-order valence-electron chi connectivity index (χ4n) is 4.14. The highest BCUT2D eigenvalue weighted by atomic mass is 16.5. The van der Waals surface area contributed by atoms with Crippen molar-refractivity contribution in [2.24, 2.45) is 5.92 Å². The molecule has 2 unspecified atom stereocenters. The molecule has 2 aromatic rings. The van der Waals surface area contributed by atoms with Gasteiger partial charge in [0.2, 0.25) is 5.90 Å². The SMILES string of the molecule is COc1cc(C2C3=C(CCCC3=O)OC(=N)C2C#N)ccc1OCc1ccc(C)cc1. The van der Waals surface area contributed by atoms with E-state index in [2.05, 4.69) is 6.07 Å². The monoisotopic (exact) mass is 416 g/mol. The molecule has 0 saturated carbocycles. The predicted molar refractivity (Wildman–Crippen MR) is 115 cm³/mol. The Morgan fingerprint density at radius 3 is 2.65 bits per heavy atom. The summed E-state index contributed by atoms with van der Waals surface area (Å²) in [7, 11) is 1.56. The molecule has 4 rings (SSSR count). The van der Waals surface area contributed by atoms with E-state index in [0.29, 0.717) is 48.7 Å². The average molecular weight is 416 g/mol. The van der Waals surface area contributed by atoms with Crippen LogP contribution in [0.3, 0.4) is 0 Å². The fourth-order valence-corrected chi connectivity index (χ4v) is 4.14. The number of ketones is 1. The number of carbonyl (C=O) groups is 1. The average Bonchev–Trinajstić information content (AvgIpc) is 2.78. The van der Waals surface area contributed by atoms with Gasteiger partial charge < -0.3 is 14.2 Å². The number of allylic oxidation sites excluding steroid dienone is 2. The molecule has 6 heteroatoms. The maximum atomic E-state index is 12.7. The highest BCUT2D eigenvalue weighted by molar-refractivity contribution is 6.01. The second kappa shape index (κ2) is 8.65. The van der Waals surface area contributed by atoms with Crippen LogP contribution in [0, 0.1) is 29.6 Å². The first-order valence-electron chi connectivity index (χ1n) is 10.3. The molecule has 0 radical (unpaired) electrons. The van der Waals surface area contributed by atoms with Gasteiger partial charge in [0.15, 0.2) is 17.3 Å². The van der Waals surface area contributed by atoms with E-state index in [1.165, 1.54) is 5.56 Å². The van der Waals surface area contributed by atoms with Crippen molar-refractivity contribution in [3.05, 3.63) is 70.5 Å². The molecule has 0 aromatic heterocycles. The highest BCUT2D eigenvalue weighted by Crippen LogP contribution is 2.45. The van der Waals surface area contributed by atoms with Crippen LogP contribution in [0.15, 0.2) is 53.8 Å². The molecule has 0 bridgehead atoms. The zero-order valence-corrected chi connectivity index (χ0v) is 17.6. The molecule has 2 aromatic carbocycles. The summed E-state index contributed by atoms with van der Waals surface area (Å²) in [5.74, 6) is 0.0870. The van der Waals surface area contributed by atoms with Crippen LogP contribution in [-0.2, 0) is 16.1 Å². The number of benzene rings is 2. The molecule has 31 heavy (non-hydrogen) atoms. The van der Waals surface area contributed by atoms with Gasteiger partial charge in [-0.3, -0.25) is 10.2 Å². The van der Waals surface area contributed by atoms with E-state index < -0.39 is 11.8 Å². The number of hydrogen-bond acceptors (Lipinski definition) is 6. The lowest BCUT2D eigenvalue weighted by atomic mass is 9.74. The normalized spacial score (nSPS) is 20.5. The first-order valence-corrected chi connectivity index (χ1v) is 10.3. The van der Waals surface area contributed by atoms with E-state index in [0.717, 1.165) is 11.1 Å². The number of ether oxygens (including phenoxy) is 3. The zero-order chi connectivity index (χ0) is 22.0. The topological polar surface area (TPSA) is 92.4 Å². The van der Waals surface area contributed by atoms with Gasteiger partial charge in [-0.25, -0.2) is 0 Å². The lowest BCUT2D eigenvalue weighted by molar-refractivity contribution is -0.116. The second-order valence-corrected chi connectivity index (χ2v) is 7.85. The van der Waals surface area contributed by atoms with Gasteiger partial charge in [-0.1, -0.05) is 35.9 Å². The Bertz CT molecular complexity index is 1100. The number of Topliss-reactive ketones (excluding diaryl/α,β-unsaturated/α-hetero) is 1. The maximum Gasteiger partial charge on any atom is 0.205 e. The molecule has 2 aliphatic rings. The van der Waals surface area contributed by atoms with Crippen molar-refractivity contribution in [3.63, 3.8) is 0 Å². The predicted octanol–water partition coefficient (Wildman–Crippen LogP) is 4.82. The highest BCUT2D eigenvalue weighted by Gasteiger charge is 2.42. The molecule has 1 heterocycles. The van der Waals surface area contributed by atoms with Gasteiger partial charge in [0.25, 0.3) is 0 Å². The van der Waals surface area contributed by atoms with Crippen LogP contribution < -0.4 is 9.47 Å². The third-order valence-corrected chi connectivity index (χ3v) is 5.77. The number of nitriles is 1. The molecule has 6 nitrogen and oxygen atoms in total. The van der Waals surface area contributed by atoms with Crippen LogP contribution in [0.25, 0.3) is 0 Å². The first-order chi connectivity index (χ1) is 15.0. The minimum absolute atomic E-state index is 0.0161. The van der Waals surface area contributed by atoms with Gasteiger partial charge in [-0.05, 0) is 36.6 Å². The fraction of sp³-hybridized carbons (Fsp3) is 0.320. The lowest BCUT2D eigenvalue weighted by Crippen LogP contribution is -2.34. The van der Waals surface area contributed by atoms with Crippen molar-refractivity contribution in [1.82, 2.24) is 0 Å². The number of hydrogen-bond donors (Lipinski definition) is 1. The molecule has 2 atom stereocenters. The quantitative estimate of drug-likeness (QED) is 0.754. The molecule has 1 aliphatic carbocycles. The summed E-state index contributed by atoms with van der Waals surface area (Å²) in [4.78, 5) is 12.7. The van der Waals surface area contributed by atoms with Crippen LogP contribution in [0.1, 0.15) is 41.9 Å². The van der Waals surface area contributed by atoms with Crippen LogP contribution in [0.2, 0.25) is 0 Å². The van der Waals surface area contributed by atoms with Gasteiger partial charge in [-0.2, -0.15) is 5.26 Å².